The number of benzene rings is 2. The first kappa shape index (κ1) is 17.9. The largest absolute Gasteiger partial charge is 0.392 e. The molecule has 2 aromatic carbocycles. The van der Waals surface area contributed by atoms with E-state index in [0.717, 1.165) is 21.7 Å². The summed E-state index contributed by atoms with van der Waals surface area (Å²) in [4.78, 5) is 14.2. The Hall–Kier alpha value is -2.47. The van der Waals surface area contributed by atoms with Gasteiger partial charge in [-0.2, -0.15) is 5.10 Å². The Kier molecular flexibility index (Phi) is 5.07. The molecule has 1 atom stereocenters. The molecule has 27 heavy (non-hydrogen) atoms. The molecule has 3 aromatic rings. The summed E-state index contributed by atoms with van der Waals surface area (Å²) in [6, 6.07) is 18.3. The van der Waals surface area contributed by atoms with E-state index in [1.807, 2.05) is 41.8 Å². The molecule has 2 heterocycles. The predicted molar refractivity (Wildman–Crippen MR) is 108 cm³/mol. The van der Waals surface area contributed by atoms with Gasteiger partial charge in [0, 0.05) is 17.0 Å². The molecule has 4 rings (SSSR count). The van der Waals surface area contributed by atoms with Crippen LogP contribution >= 0.6 is 22.9 Å². The number of aliphatic hydroxyl groups excluding tert-OH is 1. The molecule has 6 heteroatoms. The molecule has 0 radical (unpaired) electrons. The van der Waals surface area contributed by atoms with Gasteiger partial charge < -0.3 is 5.11 Å². The van der Waals surface area contributed by atoms with Gasteiger partial charge in [0.05, 0.1) is 23.2 Å². The van der Waals surface area contributed by atoms with E-state index in [-0.39, 0.29) is 18.6 Å². The number of carbonyl (C=O) groups excluding carboxylic acids is 1. The highest BCUT2D eigenvalue weighted by Crippen LogP contribution is 2.35. The molecule has 0 spiro atoms. The van der Waals surface area contributed by atoms with E-state index in [9.17, 15) is 9.90 Å². The Labute approximate surface area is 166 Å². The van der Waals surface area contributed by atoms with E-state index in [4.69, 9.17) is 11.6 Å². The van der Waals surface area contributed by atoms with Gasteiger partial charge in [-0.05, 0) is 46.8 Å². The Bertz CT molecular complexity index is 966. The fourth-order valence-electron chi connectivity index (χ4n) is 3.12. The van der Waals surface area contributed by atoms with E-state index in [0.29, 0.717) is 17.0 Å². The average molecular weight is 397 g/mol. The van der Waals surface area contributed by atoms with Crippen molar-refractivity contribution in [1.29, 1.82) is 0 Å². The zero-order valence-corrected chi connectivity index (χ0v) is 16.0. The lowest BCUT2D eigenvalue weighted by Crippen LogP contribution is -2.27. The van der Waals surface area contributed by atoms with Crippen molar-refractivity contribution in [3.05, 3.63) is 92.6 Å². The lowest BCUT2D eigenvalue weighted by molar-refractivity contribution is 0.0711. The van der Waals surface area contributed by atoms with Crippen LogP contribution < -0.4 is 0 Å². The zero-order chi connectivity index (χ0) is 18.8. The molecule has 1 aromatic heterocycles. The van der Waals surface area contributed by atoms with Gasteiger partial charge >= 0.3 is 0 Å². The van der Waals surface area contributed by atoms with Crippen LogP contribution in [0.1, 0.15) is 38.8 Å². The second-order valence-electron chi connectivity index (χ2n) is 6.30. The van der Waals surface area contributed by atoms with Gasteiger partial charge in [0.2, 0.25) is 0 Å². The van der Waals surface area contributed by atoms with E-state index < -0.39 is 0 Å². The molecule has 1 N–H and O–H groups in total. The summed E-state index contributed by atoms with van der Waals surface area (Å²) < 4.78 is 0. The van der Waals surface area contributed by atoms with Crippen molar-refractivity contribution in [3.8, 4) is 0 Å². The summed E-state index contributed by atoms with van der Waals surface area (Å²) in [6.07, 6.45) is 0.651. The maximum atomic E-state index is 13.1. The SMILES string of the molecule is O=C(c1ccc(Cl)cc1)N1N=C(c2cccs2)CC1c1ccc(CO)cc1. The third-order valence-corrected chi connectivity index (χ3v) is 5.73. The van der Waals surface area contributed by atoms with Gasteiger partial charge in [-0.25, -0.2) is 5.01 Å². The third-order valence-electron chi connectivity index (χ3n) is 4.56. The van der Waals surface area contributed by atoms with Crippen LogP contribution in [0.3, 0.4) is 0 Å². The number of rotatable bonds is 4. The summed E-state index contributed by atoms with van der Waals surface area (Å²) in [5, 5.41) is 18.1. The molecule has 1 aliphatic rings. The maximum Gasteiger partial charge on any atom is 0.274 e. The average Bonchev–Trinajstić information content (AvgIpc) is 3.38. The monoisotopic (exact) mass is 396 g/mol. The summed E-state index contributed by atoms with van der Waals surface area (Å²) >= 11 is 7.56. The molecule has 0 saturated carbocycles. The van der Waals surface area contributed by atoms with Gasteiger partial charge in [0.15, 0.2) is 0 Å². The Morgan fingerprint density at radius 1 is 1.15 bits per heavy atom. The van der Waals surface area contributed by atoms with Crippen molar-refractivity contribution in [3.63, 3.8) is 0 Å². The third kappa shape index (κ3) is 3.67. The van der Waals surface area contributed by atoms with Crippen LogP contribution in [-0.4, -0.2) is 21.7 Å². The van der Waals surface area contributed by atoms with Crippen molar-refractivity contribution in [2.24, 2.45) is 5.10 Å². The number of hydrazone groups is 1. The Balaban J connectivity index is 1.70. The molecule has 0 fully saturated rings. The van der Waals surface area contributed by atoms with Crippen molar-refractivity contribution < 1.29 is 9.90 Å². The number of amides is 1. The van der Waals surface area contributed by atoms with Crippen molar-refractivity contribution >= 4 is 34.6 Å². The second kappa shape index (κ2) is 7.64. The lowest BCUT2D eigenvalue weighted by atomic mass is 9.99. The number of thiophene rings is 1. The highest BCUT2D eigenvalue weighted by molar-refractivity contribution is 7.12. The molecule has 0 saturated heterocycles. The highest BCUT2D eigenvalue weighted by Gasteiger charge is 2.33. The van der Waals surface area contributed by atoms with E-state index in [1.165, 1.54) is 0 Å². The standard InChI is InChI=1S/C21H17ClN2O2S/c22-17-9-7-16(8-10-17)21(26)24-19(15-5-3-14(13-25)4-6-15)12-18(23-24)20-2-1-11-27-20/h1-11,19,25H,12-13H2. The van der Waals surface area contributed by atoms with Crippen LogP contribution in [0.2, 0.25) is 5.02 Å². The van der Waals surface area contributed by atoms with Crippen LogP contribution in [0.25, 0.3) is 0 Å². The van der Waals surface area contributed by atoms with E-state index in [2.05, 4.69) is 5.10 Å². The second-order valence-corrected chi connectivity index (χ2v) is 7.68. The van der Waals surface area contributed by atoms with Crippen molar-refractivity contribution in [1.82, 2.24) is 5.01 Å². The molecule has 1 amide bonds. The van der Waals surface area contributed by atoms with Crippen LogP contribution in [0, 0.1) is 0 Å². The van der Waals surface area contributed by atoms with Crippen LogP contribution in [0.5, 0.6) is 0 Å². The number of halogens is 1. The van der Waals surface area contributed by atoms with Gasteiger partial charge in [-0.3, -0.25) is 4.79 Å². The lowest BCUT2D eigenvalue weighted by Gasteiger charge is -2.22. The fourth-order valence-corrected chi connectivity index (χ4v) is 3.97. The van der Waals surface area contributed by atoms with Crippen LogP contribution in [-0.2, 0) is 6.61 Å². The van der Waals surface area contributed by atoms with Crippen LogP contribution in [0.4, 0.5) is 0 Å². The summed E-state index contributed by atoms with van der Waals surface area (Å²) in [5.41, 5.74) is 3.28. The van der Waals surface area contributed by atoms with E-state index in [1.54, 1.807) is 40.6 Å². The fraction of sp³-hybridized carbons (Fsp3) is 0.143. The molecule has 0 aliphatic carbocycles. The Morgan fingerprint density at radius 2 is 1.89 bits per heavy atom. The van der Waals surface area contributed by atoms with Gasteiger partial charge in [-0.1, -0.05) is 41.9 Å². The first-order valence-electron chi connectivity index (χ1n) is 8.56. The summed E-state index contributed by atoms with van der Waals surface area (Å²) in [7, 11) is 0. The number of hydrogen-bond donors (Lipinski definition) is 1. The molecule has 136 valence electrons. The summed E-state index contributed by atoms with van der Waals surface area (Å²) in [5.74, 6) is -0.158. The zero-order valence-electron chi connectivity index (χ0n) is 14.4. The molecule has 1 unspecified atom stereocenters. The maximum absolute atomic E-state index is 13.1. The number of aliphatic hydroxyl groups is 1. The number of carbonyl (C=O) groups is 1. The first-order valence-corrected chi connectivity index (χ1v) is 9.81. The quantitative estimate of drug-likeness (QED) is 0.682. The number of hydrogen-bond acceptors (Lipinski definition) is 4. The smallest absolute Gasteiger partial charge is 0.274 e. The molecular formula is C21H17ClN2O2S. The van der Waals surface area contributed by atoms with Crippen molar-refractivity contribution in [2.75, 3.05) is 0 Å². The summed E-state index contributed by atoms with van der Waals surface area (Å²) in [6.45, 7) is -0.00465. The van der Waals surface area contributed by atoms with Crippen molar-refractivity contribution in [2.45, 2.75) is 19.1 Å². The van der Waals surface area contributed by atoms with E-state index >= 15 is 0 Å². The minimum Gasteiger partial charge on any atom is -0.392 e. The van der Waals surface area contributed by atoms with Gasteiger partial charge in [-0.15, -0.1) is 11.3 Å². The molecule has 0 bridgehead atoms. The first-order chi connectivity index (χ1) is 13.2. The predicted octanol–water partition coefficient (Wildman–Crippen LogP) is 4.89. The number of nitrogens with zero attached hydrogens (tertiary/aromatic N) is 2. The Morgan fingerprint density at radius 3 is 2.52 bits per heavy atom. The van der Waals surface area contributed by atoms with Gasteiger partial charge in [0.25, 0.3) is 5.91 Å². The minimum absolute atomic E-state index is 0.00465. The molecule has 4 nitrogen and oxygen atoms in total. The topological polar surface area (TPSA) is 52.9 Å². The normalized spacial score (nSPS) is 16.4. The van der Waals surface area contributed by atoms with Gasteiger partial charge in [0.1, 0.15) is 0 Å². The highest BCUT2D eigenvalue weighted by atomic mass is 35.5. The van der Waals surface area contributed by atoms with Crippen LogP contribution in [0.15, 0.2) is 71.1 Å². The minimum atomic E-state index is -0.182. The molecular weight excluding hydrogens is 380 g/mol. The molecule has 1 aliphatic heterocycles.